The summed E-state index contributed by atoms with van der Waals surface area (Å²) < 4.78 is 21.7. The van der Waals surface area contributed by atoms with E-state index < -0.39 is 5.91 Å². The van der Waals surface area contributed by atoms with E-state index in [2.05, 4.69) is 4.90 Å². The molecule has 2 heterocycles. The Morgan fingerprint density at radius 2 is 1.65 bits per heavy atom. The highest BCUT2D eigenvalue weighted by atomic mass is 16.5. The van der Waals surface area contributed by atoms with E-state index in [0.717, 1.165) is 11.2 Å². The van der Waals surface area contributed by atoms with Gasteiger partial charge >= 0.3 is 0 Å². The zero-order valence-corrected chi connectivity index (χ0v) is 17.7. The molecule has 1 aliphatic heterocycles. The van der Waals surface area contributed by atoms with Crippen molar-refractivity contribution in [2.24, 2.45) is 5.73 Å². The van der Waals surface area contributed by atoms with Gasteiger partial charge in [0.2, 0.25) is 0 Å². The number of methoxy groups -OCH3 is 3. The number of amides is 1. The first-order valence-corrected chi connectivity index (χ1v) is 9.80. The van der Waals surface area contributed by atoms with Crippen LogP contribution in [-0.4, -0.2) is 63.5 Å². The second kappa shape index (κ2) is 8.65. The van der Waals surface area contributed by atoms with Crippen LogP contribution < -0.4 is 24.8 Å². The Bertz CT molecular complexity index is 1130. The van der Waals surface area contributed by atoms with Crippen molar-refractivity contribution < 1.29 is 23.7 Å². The highest BCUT2D eigenvalue weighted by Crippen LogP contribution is 2.37. The van der Waals surface area contributed by atoms with Gasteiger partial charge in [0.05, 0.1) is 45.6 Å². The van der Waals surface area contributed by atoms with E-state index >= 15 is 0 Å². The summed E-state index contributed by atoms with van der Waals surface area (Å²) in [5.74, 6) is 2.21. The highest BCUT2D eigenvalue weighted by molar-refractivity contribution is 5.97. The second-order valence-corrected chi connectivity index (χ2v) is 6.97. The first-order chi connectivity index (χ1) is 15.0. The summed E-state index contributed by atoms with van der Waals surface area (Å²) in [7, 11) is 4.66. The number of nitrogens with two attached hydrogens (primary N) is 1. The topological polar surface area (TPSA) is 109 Å². The first kappa shape index (κ1) is 20.7. The maximum absolute atomic E-state index is 11.9. The van der Waals surface area contributed by atoms with E-state index in [-0.39, 0.29) is 5.56 Å². The minimum Gasteiger partial charge on any atom is -0.496 e. The van der Waals surface area contributed by atoms with Gasteiger partial charge in [-0.1, -0.05) is 0 Å². The van der Waals surface area contributed by atoms with Crippen LogP contribution in [0.5, 0.6) is 17.2 Å². The van der Waals surface area contributed by atoms with Gasteiger partial charge in [-0.15, -0.1) is 0 Å². The molecule has 0 spiro atoms. The van der Waals surface area contributed by atoms with Gasteiger partial charge in [0, 0.05) is 30.1 Å². The molecular formula is C22H24N4O5. The van der Waals surface area contributed by atoms with Gasteiger partial charge in [0.15, 0.2) is 17.3 Å². The van der Waals surface area contributed by atoms with Crippen LogP contribution >= 0.6 is 0 Å². The summed E-state index contributed by atoms with van der Waals surface area (Å²) in [5, 5.41) is 0.840. The van der Waals surface area contributed by atoms with Crippen molar-refractivity contribution in [3.05, 3.63) is 35.9 Å². The van der Waals surface area contributed by atoms with Gasteiger partial charge in [0.1, 0.15) is 11.6 Å². The van der Waals surface area contributed by atoms with Gasteiger partial charge in [-0.25, -0.2) is 9.97 Å². The number of carbonyl (C=O) groups excluding carboxylic acids is 1. The van der Waals surface area contributed by atoms with Crippen molar-refractivity contribution in [3.63, 3.8) is 0 Å². The third kappa shape index (κ3) is 3.91. The molecule has 0 atom stereocenters. The molecule has 1 saturated heterocycles. The number of hydrogen-bond donors (Lipinski definition) is 1. The molecule has 9 heteroatoms. The number of primary amides is 1. The molecule has 1 aromatic heterocycles. The molecule has 0 bridgehead atoms. The highest BCUT2D eigenvalue weighted by Gasteiger charge is 2.21. The quantitative estimate of drug-likeness (QED) is 0.642. The predicted molar refractivity (Wildman–Crippen MR) is 116 cm³/mol. The van der Waals surface area contributed by atoms with Crippen molar-refractivity contribution in [1.82, 2.24) is 9.97 Å². The standard InChI is InChI=1S/C22H24N4O5/c1-28-17-5-4-13(10-15(17)20(23)27)21-24-16-12-19(30-3)18(29-2)11-14(16)22(25-21)26-6-8-31-9-7-26/h4-5,10-12H,6-9H2,1-3H3,(H2,23,27). The lowest BCUT2D eigenvalue weighted by Crippen LogP contribution is -2.37. The molecule has 31 heavy (non-hydrogen) atoms. The summed E-state index contributed by atoms with van der Waals surface area (Å²) in [4.78, 5) is 23.6. The van der Waals surface area contributed by atoms with E-state index in [1.54, 1.807) is 32.4 Å². The molecule has 0 aliphatic carbocycles. The average molecular weight is 424 g/mol. The minimum atomic E-state index is -0.584. The van der Waals surface area contributed by atoms with Gasteiger partial charge in [0.25, 0.3) is 5.91 Å². The normalized spacial score (nSPS) is 13.8. The Kier molecular flexibility index (Phi) is 5.77. The maximum Gasteiger partial charge on any atom is 0.252 e. The lowest BCUT2D eigenvalue weighted by molar-refractivity contribution is 0.0997. The molecule has 3 aromatic rings. The van der Waals surface area contributed by atoms with Crippen molar-refractivity contribution in [3.8, 4) is 28.6 Å². The molecule has 0 radical (unpaired) electrons. The molecule has 1 aliphatic rings. The monoisotopic (exact) mass is 424 g/mol. The lowest BCUT2D eigenvalue weighted by Gasteiger charge is -2.29. The van der Waals surface area contributed by atoms with Gasteiger partial charge in [-0.05, 0) is 24.3 Å². The van der Waals surface area contributed by atoms with Gasteiger partial charge < -0.3 is 29.6 Å². The Balaban J connectivity index is 1.94. The number of anilines is 1. The zero-order valence-electron chi connectivity index (χ0n) is 17.7. The molecular weight excluding hydrogens is 400 g/mol. The van der Waals surface area contributed by atoms with E-state index in [0.29, 0.717) is 60.5 Å². The van der Waals surface area contributed by atoms with Crippen molar-refractivity contribution in [2.75, 3.05) is 52.5 Å². The van der Waals surface area contributed by atoms with Crippen LogP contribution in [0.2, 0.25) is 0 Å². The van der Waals surface area contributed by atoms with E-state index in [1.807, 2.05) is 12.1 Å². The van der Waals surface area contributed by atoms with Crippen molar-refractivity contribution >= 4 is 22.6 Å². The molecule has 0 saturated carbocycles. The molecule has 0 unspecified atom stereocenters. The molecule has 2 aromatic carbocycles. The minimum absolute atomic E-state index is 0.268. The van der Waals surface area contributed by atoms with E-state index in [1.165, 1.54) is 7.11 Å². The summed E-state index contributed by atoms with van der Waals surface area (Å²) in [6, 6.07) is 8.84. The number of benzene rings is 2. The summed E-state index contributed by atoms with van der Waals surface area (Å²) in [5.41, 5.74) is 7.15. The largest absolute Gasteiger partial charge is 0.496 e. The van der Waals surface area contributed by atoms with Crippen molar-refractivity contribution in [1.29, 1.82) is 0 Å². The lowest BCUT2D eigenvalue weighted by atomic mass is 10.1. The SMILES string of the molecule is COc1cc2nc(-c3ccc(OC)c(C(N)=O)c3)nc(N3CCOCC3)c2cc1OC. The Labute approximate surface area is 179 Å². The summed E-state index contributed by atoms with van der Waals surface area (Å²) in [6.45, 7) is 2.63. The predicted octanol–water partition coefficient (Wildman–Crippen LogP) is 2.26. The van der Waals surface area contributed by atoms with Crippen LogP contribution in [0.4, 0.5) is 5.82 Å². The number of carbonyl (C=O) groups is 1. The Morgan fingerprint density at radius 1 is 0.968 bits per heavy atom. The van der Waals surface area contributed by atoms with Gasteiger partial charge in [-0.2, -0.15) is 0 Å². The smallest absolute Gasteiger partial charge is 0.252 e. The molecule has 1 fully saturated rings. The van der Waals surface area contributed by atoms with Crippen molar-refractivity contribution in [2.45, 2.75) is 0 Å². The second-order valence-electron chi connectivity index (χ2n) is 6.97. The van der Waals surface area contributed by atoms with Crippen LogP contribution in [0, 0.1) is 0 Å². The third-order valence-electron chi connectivity index (χ3n) is 5.21. The van der Waals surface area contributed by atoms with Crippen LogP contribution in [0.15, 0.2) is 30.3 Å². The van der Waals surface area contributed by atoms with E-state index in [9.17, 15) is 4.79 Å². The number of morpholine rings is 1. The fraction of sp³-hybridized carbons (Fsp3) is 0.318. The summed E-state index contributed by atoms with van der Waals surface area (Å²) in [6.07, 6.45) is 0. The van der Waals surface area contributed by atoms with E-state index in [4.69, 9.17) is 34.6 Å². The van der Waals surface area contributed by atoms with Crippen LogP contribution in [-0.2, 0) is 4.74 Å². The van der Waals surface area contributed by atoms with Crippen LogP contribution in [0.3, 0.4) is 0 Å². The van der Waals surface area contributed by atoms with Crippen LogP contribution in [0.25, 0.3) is 22.3 Å². The molecule has 1 amide bonds. The number of fused-ring (bicyclic) bond motifs is 1. The fourth-order valence-corrected chi connectivity index (χ4v) is 3.62. The number of aromatic nitrogens is 2. The maximum atomic E-state index is 11.9. The number of rotatable bonds is 6. The fourth-order valence-electron chi connectivity index (χ4n) is 3.62. The third-order valence-corrected chi connectivity index (χ3v) is 5.21. The van der Waals surface area contributed by atoms with Crippen LogP contribution in [0.1, 0.15) is 10.4 Å². The number of hydrogen-bond acceptors (Lipinski definition) is 8. The molecule has 162 valence electrons. The summed E-state index contributed by atoms with van der Waals surface area (Å²) >= 11 is 0. The van der Waals surface area contributed by atoms with Gasteiger partial charge in [-0.3, -0.25) is 4.79 Å². The first-order valence-electron chi connectivity index (χ1n) is 9.80. The Morgan fingerprint density at radius 3 is 2.29 bits per heavy atom. The molecule has 4 rings (SSSR count). The average Bonchev–Trinajstić information content (AvgIpc) is 2.82. The zero-order chi connectivity index (χ0) is 22.0. The molecule has 2 N–H and O–H groups in total. The molecule has 9 nitrogen and oxygen atoms in total. The Hall–Kier alpha value is -3.59. The number of ether oxygens (including phenoxy) is 4. The number of nitrogens with zero attached hydrogens (tertiary/aromatic N) is 3.